The van der Waals surface area contributed by atoms with Crippen molar-refractivity contribution in [1.82, 2.24) is 14.8 Å². The van der Waals surface area contributed by atoms with Crippen LogP contribution in [0.4, 0.5) is 22.0 Å². The molecule has 0 bridgehead atoms. The number of hydrogen-bond donors (Lipinski definition) is 2. The fourth-order valence-electron chi connectivity index (χ4n) is 5.30. The normalized spacial score (nSPS) is 14.9. The van der Waals surface area contributed by atoms with Gasteiger partial charge in [-0.05, 0) is 54.0 Å². The lowest BCUT2D eigenvalue weighted by molar-refractivity contribution is -0.274. The molecule has 0 aliphatic carbocycles. The van der Waals surface area contributed by atoms with E-state index in [0.29, 0.717) is 24.0 Å². The maximum atomic E-state index is 14.9. The van der Waals surface area contributed by atoms with Crippen molar-refractivity contribution in [1.29, 1.82) is 0 Å². The molecule has 14 heteroatoms. The minimum atomic E-state index is -5.06. The number of alkyl halides is 3. The van der Waals surface area contributed by atoms with E-state index in [2.05, 4.69) is 10.1 Å². The van der Waals surface area contributed by atoms with Crippen molar-refractivity contribution >= 4 is 35.1 Å². The quantitative estimate of drug-likeness (QED) is 0.283. The molecule has 0 radical (unpaired) electrons. The fraction of sp³-hybridized carbons (Fsp3) is 0.467. The molecule has 3 aromatic rings. The summed E-state index contributed by atoms with van der Waals surface area (Å²) in [5, 5.41) is 2.49. The van der Waals surface area contributed by atoms with Crippen molar-refractivity contribution < 1.29 is 41.0 Å². The van der Waals surface area contributed by atoms with Crippen molar-refractivity contribution in [3.8, 4) is 5.75 Å². The van der Waals surface area contributed by atoms with E-state index in [1.165, 1.54) is 28.8 Å². The fourth-order valence-corrected chi connectivity index (χ4v) is 5.30. The second-order valence-electron chi connectivity index (χ2n) is 11.0. The molecule has 2 heterocycles. The molecule has 1 saturated heterocycles. The van der Waals surface area contributed by atoms with Gasteiger partial charge in [0.15, 0.2) is 0 Å². The van der Waals surface area contributed by atoms with Gasteiger partial charge in [0, 0.05) is 39.5 Å². The van der Waals surface area contributed by atoms with Crippen molar-refractivity contribution in [2.75, 3.05) is 26.8 Å². The molecular weight excluding hydrogens is 611 g/mol. The second-order valence-corrected chi connectivity index (χ2v) is 11.0. The van der Waals surface area contributed by atoms with Crippen molar-refractivity contribution in [3.63, 3.8) is 0 Å². The zero-order valence-corrected chi connectivity index (χ0v) is 25.4. The Morgan fingerprint density at radius 3 is 2.36 bits per heavy atom. The van der Waals surface area contributed by atoms with Crippen LogP contribution in [0.5, 0.6) is 5.75 Å². The summed E-state index contributed by atoms with van der Waals surface area (Å²) in [5.41, 5.74) is 6.70. The highest BCUT2D eigenvalue weighted by atomic mass is 35.5. The Labute approximate surface area is 258 Å². The van der Waals surface area contributed by atoms with Gasteiger partial charge >= 0.3 is 6.36 Å². The summed E-state index contributed by atoms with van der Waals surface area (Å²) < 4.78 is 79.9. The summed E-state index contributed by atoms with van der Waals surface area (Å²) in [6.45, 7) is 4.47. The predicted octanol–water partition coefficient (Wildman–Crippen LogP) is 5.51. The van der Waals surface area contributed by atoms with E-state index in [1.54, 1.807) is 12.1 Å². The van der Waals surface area contributed by atoms with Gasteiger partial charge in [0.05, 0.1) is 29.1 Å². The van der Waals surface area contributed by atoms with E-state index in [4.69, 9.17) is 10.5 Å². The standard InChI is InChI=1S/C30H35F5N4O4.ClH/c1-17(2)26(36)28(40)37-15-18-4-5-22(31)20(14-18)19-8-10-38(11-9-19)29(41)21-16-39(12-13-42-3)27-23(32)6-7-24(25(21)27)43-30(33,34)35;/h4-7,14,16-17,19,26H,8-13,15,36H2,1-3H3,(H,37,40);1H. The van der Waals surface area contributed by atoms with Gasteiger partial charge in [-0.25, -0.2) is 8.78 Å². The Kier molecular flexibility index (Phi) is 11.6. The number of nitrogens with one attached hydrogen (secondary N) is 1. The number of aromatic nitrogens is 1. The number of benzene rings is 2. The number of likely N-dealkylation sites (tertiary alicyclic amines) is 1. The number of fused-ring (bicyclic) bond motifs is 1. The molecule has 242 valence electrons. The number of amides is 2. The first-order valence-corrected chi connectivity index (χ1v) is 14.0. The van der Waals surface area contributed by atoms with Crippen molar-refractivity contribution in [3.05, 3.63) is 64.9 Å². The van der Waals surface area contributed by atoms with Gasteiger partial charge in [-0.3, -0.25) is 9.59 Å². The van der Waals surface area contributed by atoms with Crippen LogP contribution in [0.1, 0.15) is 54.1 Å². The van der Waals surface area contributed by atoms with Gasteiger partial charge < -0.3 is 30.0 Å². The van der Waals surface area contributed by atoms with Crippen LogP contribution < -0.4 is 15.8 Å². The number of carbonyl (C=O) groups excluding carboxylic acids is 2. The summed E-state index contributed by atoms with van der Waals surface area (Å²) >= 11 is 0. The van der Waals surface area contributed by atoms with Crippen LogP contribution in [0.2, 0.25) is 0 Å². The SMILES string of the molecule is COCCn1cc(C(=O)N2CCC(c3cc(CNC(=O)C(N)C(C)C)ccc3F)CC2)c2c(OC(F)(F)F)ccc(F)c21.Cl. The summed E-state index contributed by atoms with van der Waals surface area (Å²) in [6.07, 6.45) is -2.97. The Balaban J connectivity index is 0.00000529. The third-order valence-electron chi connectivity index (χ3n) is 7.69. The van der Waals surface area contributed by atoms with Crippen LogP contribution >= 0.6 is 12.4 Å². The Hall–Kier alpha value is -3.42. The molecule has 1 atom stereocenters. The largest absolute Gasteiger partial charge is 0.573 e. The molecule has 4 rings (SSSR count). The van der Waals surface area contributed by atoms with Crippen LogP contribution in [0.3, 0.4) is 0 Å². The minimum absolute atomic E-state index is 0. The van der Waals surface area contributed by atoms with Crippen LogP contribution in [-0.2, 0) is 22.6 Å². The van der Waals surface area contributed by atoms with Crippen LogP contribution in [0, 0.1) is 17.6 Å². The molecule has 0 saturated carbocycles. The lowest BCUT2D eigenvalue weighted by Crippen LogP contribution is -2.43. The van der Waals surface area contributed by atoms with Gasteiger partial charge in [-0.2, -0.15) is 0 Å². The lowest BCUT2D eigenvalue weighted by Gasteiger charge is -2.32. The van der Waals surface area contributed by atoms with E-state index in [1.807, 2.05) is 13.8 Å². The third-order valence-corrected chi connectivity index (χ3v) is 7.69. The average molecular weight is 647 g/mol. The monoisotopic (exact) mass is 646 g/mol. The number of halogens is 6. The molecule has 1 aliphatic rings. The maximum Gasteiger partial charge on any atom is 0.573 e. The highest BCUT2D eigenvalue weighted by molar-refractivity contribution is 6.09. The Morgan fingerprint density at radius 2 is 1.75 bits per heavy atom. The van der Waals surface area contributed by atoms with Gasteiger partial charge in [0.25, 0.3) is 5.91 Å². The van der Waals surface area contributed by atoms with Gasteiger partial charge in [0.2, 0.25) is 5.91 Å². The van der Waals surface area contributed by atoms with E-state index in [0.717, 1.165) is 12.1 Å². The molecule has 1 unspecified atom stereocenters. The summed E-state index contributed by atoms with van der Waals surface area (Å²) in [5.74, 6) is -3.07. The highest BCUT2D eigenvalue weighted by Crippen LogP contribution is 2.38. The van der Waals surface area contributed by atoms with Gasteiger partial charge in [-0.1, -0.05) is 26.0 Å². The number of ether oxygens (including phenoxy) is 2. The molecule has 3 N–H and O–H groups in total. The lowest BCUT2D eigenvalue weighted by atomic mass is 9.88. The van der Waals surface area contributed by atoms with Crippen molar-refractivity contribution in [2.45, 2.75) is 58.1 Å². The zero-order chi connectivity index (χ0) is 31.5. The predicted molar refractivity (Wildman–Crippen MR) is 157 cm³/mol. The topological polar surface area (TPSA) is 98.8 Å². The van der Waals surface area contributed by atoms with Crippen LogP contribution in [-0.4, -0.2) is 60.5 Å². The molecule has 2 amide bonds. The molecule has 1 fully saturated rings. The summed E-state index contributed by atoms with van der Waals surface area (Å²) in [4.78, 5) is 27.3. The van der Waals surface area contributed by atoms with E-state index < -0.39 is 35.7 Å². The van der Waals surface area contributed by atoms with E-state index >= 15 is 0 Å². The first kappa shape index (κ1) is 35.1. The number of carbonyl (C=O) groups is 2. The molecule has 1 aromatic heterocycles. The maximum absolute atomic E-state index is 14.9. The van der Waals surface area contributed by atoms with Crippen LogP contribution in [0.15, 0.2) is 36.5 Å². The Bertz CT molecular complexity index is 1470. The molecular formula is C30H36ClF5N4O4. The number of nitrogens with zero attached hydrogens (tertiary/aromatic N) is 2. The smallest absolute Gasteiger partial charge is 0.405 e. The third kappa shape index (κ3) is 7.99. The van der Waals surface area contributed by atoms with Gasteiger partial charge in [0.1, 0.15) is 17.4 Å². The second kappa shape index (κ2) is 14.6. The first-order valence-electron chi connectivity index (χ1n) is 14.0. The first-order chi connectivity index (χ1) is 20.3. The summed E-state index contributed by atoms with van der Waals surface area (Å²) in [7, 11) is 1.42. The van der Waals surface area contributed by atoms with Gasteiger partial charge in [-0.15, -0.1) is 25.6 Å². The average Bonchev–Trinajstić information content (AvgIpc) is 3.36. The molecule has 44 heavy (non-hydrogen) atoms. The minimum Gasteiger partial charge on any atom is -0.405 e. The highest BCUT2D eigenvalue weighted by Gasteiger charge is 2.35. The van der Waals surface area contributed by atoms with Crippen LogP contribution in [0.25, 0.3) is 10.9 Å². The number of nitrogens with two attached hydrogens (primary N) is 1. The molecule has 8 nitrogen and oxygen atoms in total. The number of methoxy groups -OCH3 is 1. The molecule has 0 spiro atoms. The Morgan fingerprint density at radius 1 is 1.09 bits per heavy atom. The molecule has 2 aromatic carbocycles. The van der Waals surface area contributed by atoms with E-state index in [9.17, 15) is 31.5 Å². The number of rotatable bonds is 10. The zero-order valence-electron chi connectivity index (χ0n) is 24.5. The summed E-state index contributed by atoms with van der Waals surface area (Å²) in [6, 6.07) is 5.65. The molecule has 1 aliphatic heterocycles. The van der Waals surface area contributed by atoms with E-state index in [-0.39, 0.29) is 79.4 Å². The van der Waals surface area contributed by atoms with Crippen molar-refractivity contribution in [2.24, 2.45) is 11.7 Å². The number of piperidine rings is 1. The number of hydrogen-bond acceptors (Lipinski definition) is 5.